The highest BCUT2D eigenvalue weighted by molar-refractivity contribution is 5.81. The van der Waals surface area contributed by atoms with Crippen LogP contribution < -0.4 is 5.32 Å². The summed E-state index contributed by atoms with van der Waals surface area (Å²) in [4.78, 5) is 21.3. The molecule has 27 heavy (non-hydrogen) atoms. The van der Waals surface area contributed by atoms with Gasteiger partial charge in [0.2, 0.25) is 11.7 Å². The summed E-state index contributed by atoms with van der Waals surface area (Å²) in [5.41, 5.74) is 0.941. The van der Waals surface area contributed by atoms with Gasteiger partial charge in [0.05, 0.1) is 12.6 Å². The van der Waals surface area contributed by atoms with Gasteiger partial charge in [-0.25, -0.2) is 0 Å². The van der Waals surface area contributed by atoms with Crippen LogP contribution >= 0.6 is 0 Å². The minimum atomic E-state index is -0.355. The molecule has 4 rings (SSSR count). The van der Waals surface area contributed by atoms with Crippen molar-refractivity contribution in [3.63, 3.8) is 0 Å². The summed E-state index contributed by atoms with van der Waals surface area (Å²) in [6.07, 6.45) is -0.355. The van der Waals surface area contributed by atoms with Gasteiger partial charge in [-0.05, 0) is 6.92 Å². The van der Waals surface area contributed by atoms with Gasteiger partial charge in [-0.1, -0.05) is 35.5 Å². The first-order valence-electron chi connectivity index (χ1n) is 9.46. The number of piperazine rings is 1. The Morgan fingerprint density at radius 3 is 2.70 bits per heavy atom. The fourth-order valence-electron chi connectivity index (χ4n) is 3.52. The molecule has 1 amide bonds. The molecule has 0 saturated carbocycles. The Bertz CT molecular complexity index is 752. The maximum Gasteiger partial charge on any atom is 0.253 e. The molecule has 2 aliphatic heterocycles. The lowest BCUT2D eigenvalue weighted by molar-refractivity contribution is -0.147. The Kier molecular flexibility index (Phi) is 5.47. The van der Waals surface area contributed by atoms with E-state index in [1.165, 1.54) is 0 Å². The van der Waals surface area contributed by atoms with Crippen LogP contribution in [0, 0.1) is 0 Å². The zero-order valence-corrected chi connectivity index (χ0v) is 15.5. The molecule has 1 N–H and O–H groups in total. The third-order valence-electron chi connectivity index (χ3n) is 5.21. The fraction of sp³-hybridized carbons (Fsp3) is 0.526. The van der Waals surface area contributed by atoms with E-state index in [9.17, 15) is 4.79 Å². The summed E-state index contributed by atoms with van der Waals surface area (Å²) in [7, 11) is 0. The monoisotopic (exact) mass is 371 g/mol. The van der Waals surface area contributed by atoms with Crippen molar-refractivity contribution in [2.24, 2.45) is 0 Å². The van der Waals surface area contributed by atoms with Crippen LogP contribution in [0.25, 0.3) is 11.4 Å². The topological polar surface area (TPSA) is 83.7 Å². The van der Waals surface area contributed by atoms with E-state index < -0.39 is 0 Å². The lowest BCUT2D eigenvalue weighted by atomic mass is 10.2. The molecule has 3 heterocycles. The van der Waals surface area contributed by atoms with Crippen molar-refractivity contribution in [3.8, 4) is 11.4 Å². The molecule has 2 atom stereocenters. The van der Waals surface area contributed by atoms with Crippen molar-refractivity contribution in [2.45, 2.75) is 19.1 Å². The van der Waals surface area contributed by atoms with E-state index in [1.807, 2.05) is 35.2 Å². The van der Waals surface area contributed by atoms with Gasteiger partial charge in [0.1, 0.15) is 6.10 Å². The van der Waals surface area contributed by atoms with Crippen LogP contribution in [0.2, 0.25) is 0 Å². The molecule has 8 heteroatoms. The Balaban J connectivity index is 1.34. The zero-order chi connectivity index (χ0) is 18.6. The summed E-state index contributed by atoms with van der Waals surface area (Å²) in [6, 6.07) is 9.81. The SMILES string of the molecule is CC(c1nc(-c2ccccc2)no1)N1CCN(C(=O)C2CNCCO2)CC1. The molecule has 1 aromatic heterocycles. The third-order valence-corrected chi connectivity index (χ3v) is 5.21. The quantitative estimate of drug-likeness (QED) is 0.856. The fourth-order valence-corrected chi connectivity index (χ4v) is 3.52. The van der Waals surface area contributed by atoms with E-state index in [0.717, 1.165) is 25.2 Å². The van der Waals surface area contributed by atoms with Gasteiger partial charge in [0.25, 0.3) is 5.91 Å². The van der Waals surface area contributed by atoms with Crippen LogP contribution in [0.5, 0.6) is 0 Å². The van der Waals surface area contributed by atoms with Crippen molar-refractivity contribution < 1.29 is 14.1 Å². The standard InChI is InChI=1S/C19H25N5O3/c1-14(18-21-17(22-27-18)15-5-3-2-4-6-15)23-8-10-24(11-9-23)19(25)16-13-20-7-12-26-16/h2-6,14,16,20H,7-13H2,1H3. The highest BCUT2D eigenvalue weighted by Crippen LogP contribution is 2.23. The number of hydrogen-bond donors (Lipinski definition) is 1. The van der Waals surface area contributed by atoms with Crippen LogP contribution in [-0.2, 0) is 9.53 Å². The molecule has 144 valence electrons. The van der Waals surface area contributed by atoms with Crippen LogP contribution in [0.1, 0.15) is 18.9 Å². The minimum Gasteiger partial charge on any atom is -0.366 e. The second-order valence-corrected chi connectivity index (χ2v) is 6.92. The van der Waals surface area contributed by atoms with Gasteiger partial charge in [-0.15, -0.1) is 0 Å². The van der Waals surface area contributed by atoms with Crippen molar-refractivity contribution in [3.05, 3.63) is 36.2 Å². The van der Waals surface area contributed by atoms with Crippen LogP contribution in [0.4, 0.5) is 0 Å². The first kappa shape index (κ1) is 18.1. The van der Waals surface area contributed by atoms with Crippen LogP contribution in [-0.4, -0.2) is 77.8 Å². The summed E-state index contributed by atoms with van der Waals surface area (Å²) in [5.74, 6) is 1.29. The zero-order valence-electron chi connectivity index (χ0n) is 15.5. The lowest BCUT2D eigenvalue weighted by Gasteiger charge is -2.38. The molecule has 0 radical (unpaired) electrons. The largest absolute Gasteiger partial charge is 0.366 e. The molecule has 2 unspecified atom stereocenters. The van der Waals surface area contributed by atoms with E-state index in [1.54, 1.807) is 0 Å². The predicted octanol–water partition coefficient (Wildman–Crippen LogP) is 0.930. The molecular weight excluding hydrogens is 346 g/mol. The van der Waals surface area contributed by atoms with Gasteiger partial charge in [-0.2, -0.15) is 4.98 Å². The van der Waals surface area contributed by atoms with E-state index in [0.29, 0.717) is 38.0 Å². The highest BCUT2D eigenvalue weighted by Gasteiger charge is 2.31. The molecule has 8 nitrogen and oxygen atoms in total. The number of nitrogens with one attached hydrogen (secondary N) is 1. The number of hydrogen-bond acceptors (Lipinski definition) is 7. The molecule has 2 aromatic rings. The average molecular weight is 371 g/mol. The number of morpholine rings is 1. The van der Waals surface area contributed by atoms with Crippen molar-refractivity contribution in [1.82, 2.24) is 25.3 Å². The number of carbonyl (C=O) groups excluding carboxylic acids is 1. The van der Waals surface area contributed by atoms with E-state index in [2.05, 4.69) is 27.3 Å². The van der Waals surface area contributed by atoms with Crippen LogP contribution in [0.3, 0.4) is 0 Å². The van der Waals surface area contributed by atoms with Crippen LogP contribution in [0.15, 0.2) is 34.9 Å². The van der Waals surface area contributed by atoms with E-state index >= 15 is 0 Å². The Morgan fingerprint density at radius 2 is 2.00 bits per heavy atom. The normalized spacial score (nSPS) is 22.6. The number of amides is 1. The van der Waals surface area contributed by atoms with Crippen molar-refractivity contribution in [1.29, 1.82) is 0 Å². The second-order valence-electron chi connectivity index (χ2n) is 6.92. The summed E-state index contributed by atoms with van der Waals surface area (Å²) < 4.78 is 11.1. The molecule has 2 saturated heterocycles. The molecule has 0 aliphatic carbocycles. The number of rotatable bonds is 4. The molecule has 2 aliphatic rings. The lowest BCUT2D eigenvalue weighted by Crippen LogP contribution is -2.55. The number of ether oxygens (including phenoxy) is 1. The summed E-state index contributed by atoms with van der Waals surface area (Å²) >= 11 is 0. The second kappa shape index (κ2) is 8.16. The molecule has 2 fully saturated rings. The van der Waals surface area contributed by atoms with Gasteiger partial charge in [-0.3, -0.25) is 9.69 Å². The Morgan fingerprint density at radius 1 is 1.22 bits per heavy atom. The smallest absolute Gasteiger partial charge is 0.253 e. The molecule has 1 aromatic carbocycles. The Hall–Kier alpha value is -2.29. The number of benzene rings is 1. The Labute approximate surface area is 158 Å². The van der Waals surface area contributed by atoms with Gasteiger partial charge < -0.3 is 19.5 Å². The first-order chi connectivity index (χ1) is 13.2. The third kappa shape index (κ3) is 4.02. The first-order valence-corrected chi connectivity index (χ1v) is 9.46. The van der Waals surface area contributed by atoms with Gasteiger partial charge >= 0.3 is 0 Å². The molecule has 0 bridgehead atoms. The maximum absolute atomic E-state index is 12.6. The van der Waals surface area contributed by atoms with Crippen molar-refractivity contribution in [2.75, 3.05) is 45.9 Å². The van der Waals surface area contributed by atoms with Gasteiger partial charge in [0.15, 0.2) is 0 Å². The van der Waals surface area contributed by atoms with E-state index in [-0.39, 0.29) is 18.1 Å². The maximum atomic E-state index is 12.6. The average Bonchev–Trinajstić information content (AvgIpc) is 3.24. The summed E-state index contributed by atoms with van der Waals surface area (Å²) in [5, 5.41) is 7.31. The summed E-state index contributed by atoms with van der Waals surface area (Å²) in [6.45, 7) is 6.98. The highest BCUT2D eigenvalue weighted by atomic mass is 16.5. The number of carbonyl (C=O) groups is 1. The van der Waals surface area contributed by atoms with E-state index in [4.69, 9.17) is 9.26 Å². The molecule has 0 spiro atoms. The number of nitrogens with zero attached hydrogens (tertiary/aromatic N) is 4. The van der Waals surface area contributed by atoms with Gasteiger partial charge in [0, 0.05) is 44.8 Å². The molecular formula is C19H25N5O3. The minimum absolute atomic E-state index is 0.0137. The predicted molar refractivity (Wildman–Crippen MR) is 98.9 cm³/mol. The number of aromatic nitrogens is 2. The van der Waals surface area contributed by atoms with Crippen molar-refractivity contribution >= 4 is 5.91 Å².